The van der Waals surface area contributed by atoms with Crippen molar-refractivity contribution in [1.82, 2.24) is 0 Å². The Morgan fingerprint density at radius 1 is 1.25 bits per heavy atom. The summed E-state index contributed by atoms with van der Waals surface area (Å²) in [6, 6.07) is 9.20. The van der Waals surface area contributed by atoms with Crippen LogP contribution in [0.4, 0.5) is 5.69 Å². The molecule has 0 spiro atoms. The zero-order valence-corrected chi connectivity index (χ0v) is 11.7. The Morgan fingerprint density at radius 3 is 2.65 bits per heavy atom. The average molecular weight is 313 g/mol. The van der Waals surface area contributed by atoms with Crippen LogP contribution < -0.4 is 10.5 Å². The van der Waals surface area contributed by atoms with E-state index in [1.54, 1.807) is 12.1 Å². The number of nitrogens with zero attached hydrogens (tertiary/aromatic N) is 1. The molecule has 104 valence electrons. The highest BCUT2D eigenvalue weighted by atomic mass is 35.5. The molecule has 0 aromatic heterocycles. The highest BCUT2D eigenvalue weighted by molar-refractivity contribution is 6.32. The fourth-order valence-corrected chi connectivity index (χ4v) is 2.01. The first-order valence-electron chi connectivity index (χ1n) is 5.62. The predicted molar refractivity (Wildman–Crippen MR) is 77.5 cm³/mol. The van der Waals surface area contributed by atoms with Gasteiger partial charge >= 0.3 is 5.69 Å². The SMILES string of the molecule is NCc1ccc(Cl)cc1Oc1c(Cl)cccc1[N+](=O)[O-]. The minimum absolute atomic E-state index is 0.0314. The van der Waals surface area contributed by atoms with Gasteiger partial charge in [0.25, 0.3) is 0 Å². The van der Waals surface area contributed by atoms with Gasteiger partial charge in [0.15, 0.2) is 0 Å². The Morgan fingerprint density at radius 2 is 2.00 bits per heavy atom. The molecule has 0 aliphatic rings. The molecule has 7 heteroatoms. The molecule has 0 amide bonds. The second kappa shape index (κ2) is 6.09. The Bertz CT molecular complexity index is 662. The first-order chi connectivity index (χ1) is 9.52. The van der Waals surface area contributed by atoms with Crippen LogP contribution in [0.5, 0.6) is 11.5 Å². The van der Waals surface area contributed by atoms with Gasteiger partial charge in [0.1, 0.15) is 5.75 Å². The predicted octanol–water partition coefficient (Wildman–Crippen LogP) is 4.15. The van der Waals surface area contributed by atoms with E-state index in [0.29, 0.717) is 16.3 Å². The number of nitro benzene ring substituents is 1. The number of para-hydroxylation sites is 1. The number of nitrogens with two attached hydrogens (primary N) is 1. The lowest BCUT2D eigenvalue weighted by Crippen LogP contribution is -2.01. The van der Waals surface area contributed by atoms with Crippen molar-refractivity contribution in [1.29, 1.82) is 0 Å². The molecule has 2 N–H and O–H groups in total. The second-order valence-corrected chi connectivity index (χ2v) is 4.75. The Balaban J connectivity index is 2.50. The summed E-state index contributed by atoms with van der Waals surface area (Å²) in [5.41, 5.74) is 6.05. The molecule has 0 bridgehead atoms. The van der Waals surface area contributed by atoms with Gasteiger partial charge in [-0.1, -0.05) is 35.3 Å². The lowest BCUT2D eigenvalue weighted by molar-refractivity contribution is -0.385. The van der Waals surface area contributed by atoms with E-state index < -0.39 is 4.92 Å². The highest BCUT2D eigenvalue weighted by Crippen LogP contribution is 2.39. The summed E-state index contributed by atoms with van der Waals surface area (Å²) < 4.78 is 5.57. The van der Waals surface area contributed by atoms with Crippen molar-refractivity contribution in [3.05, 3.63) is 62.1 Å². The zero-order chi connectivity index (χ0) is 14.7. The van der Waals surface area contributed by atoms with Crippen molar-refractivity contribution >= 4 is 28.9 Å². The molecule has 2 rings (SSSR count). The summed E-state index contributed by atoms with van der Waals surface area (Å²) in [7, 11) is 0. The fourth-order valence-electron chi connectivity index (χ4n) is 1.64. The van der Waals surface area contributed by atoms with Crippen LogP contribution in [0.3, 0.4) is 0 Å². The molecular weight excluding hydrogens is 303 g/mol. The van der Waals surface area contributed by atoms with E-state index >= 15 is 0 Å². The molecule has 0 radical (unpaired) electrons. The van der Waals surface area contributed by atoms with Crippen molar-refractivity contribution in [3.63, 3.8) is 0 Å². The molecular formula is C13H10Cl2N2O3. The van der Waals surface area contributed by atoms with Crippen LogP contribution in [-0.2, 0) is 6.54 Å². The van der Waals surface area contributed by atoms with E-state index in [9.17, 15) is 10.1 Å². The number of benzene rings is 2. The van der Waals surface area contributed by atoms with E-state index in [2.05, 4.69) is 0 Å². The molecule has 5 nitrogen and oxygen atoms in total. The normalized spacial score (nSPS) is 10.3. The van der Waals surface area contributed by atoms with Crippen LogP contribution in [0.1, 0.15) is 5.56 Å². The molecule has 0 unspecified atom stereocenters. The van der Waals surface area contributed by atoms with Crippen molar-refractivity contribution in [3.8, 4) is 11.5 Å². The molecule has 2 aromatic carbocycles. The summed E-state index contributed by atoms with van der Waals surface area (Å²) in [5.74, 6) is 0.312. The highest BCUT2D eigenvalue weighted by Gasteiger charge is 2.20. The number of hydrogen-bond acceptors (Lipinski definition) is 4. The smallest absolute Gasteiger partial charge is 0.313 e. The molecule has 2 aromatic rings. The third kappa shape index (κ3) is 3.01. The number of ether oxygens (including phenoxy) is 1. The zero-order valence-electron chi connectivity index (χ0n) is 10.2. The summed E-state index contributed by atoms with van der Waals surface area (Å²) in [4.78, 5) is 10.4. The largest absolute Gasteiger partial charge is 0.448 e. The number of rotatable bonds is 4. The van der Waals surface area contributed by atoms with Crippen molar-refractivity contribution < 1.29 is 9.66 Å². The van der Waals surface area contributed by atoms with Gasteiger partial charge in [-0.05, 0) is 18.2 Å². The van der Waals surface area contributed by atoms with Crippen LogP contribution in [0.15, 0.2) is 36.4 Å². The fraction of sp³-hybridized carbons (Fsp3) is 0.0769. The summed E-state index contributed by atoms with van der Waals surface area (Å²) >= 11 is 11.9. The monoisotopic (exact) mass is 312 g/mol. The lowest BCUT2D eigenvalue weighted by Gasteiger charge is -2.11. The Kier molecular flexibility index (Phi) is 4.44. The first-order valence-corrected chi connectivity index (χ1v) is 6.37. The summed E-state index contributed by atoms with van der Waals surface area (Å²) in [6.07, 6.45) is 0. The molecule has 0 fully saturated rings. The number of halogens is 2. The minimum atomic E-state index is -0.562. The molecule has 0 aliphatic heterocycles. The Labute approximate surface area is 125 Å². The number of hydrogen-bond donors (Lipinski definition) is 1. The second-order valence-electron chi connectivity index (χ2n) is 3.90. The lowest BCUT2D eigenvalue weighted by atomic mass is 10.2. The molecule has 20 heavy (non-hydrogen) atoms. The van der Waals surface area contributed by atoms with Crippen molar-refractivity contribution in [2.45, 2.75) is 6.54 Å². The summed E-state index contributed by atoms with van der Waals surface area (Å²) in [5, 5.41) is 11.6. The van der Waals surface area contributed by atoms with Gasteiger partial charge in [-0.3, -0.25) is 10.1 Å². The molecule has 0 saturated heterocycles. The van der Waals surface area contributed by atoms with Gasteiger partial charge in [0.2, 0.25) is 5.75 Å². The number of nitro groups is 1. The van der Waals surface area contributed by atoms with Gasteiger partial charge in [-0.25, -0.2) is 0 Å². The van der Waals surface area contributed by atoms with Crippen molar-refractivity contribution in [2.75, 3.05) is 0 Å². The van der Waals surface area contributed by atoms with Crippen LogP contribution in [-0.4, -0.2) is 4.92 Å². The van der Waals surface area contributed by atoms with E-state index in [0.717, 1.165) is 0 Å². The van der Waals surface area contributed by atoms with Crippen molar-refractivity contribution in [2.24, 2.45) is 5.73 Å². The topological polar surface area (TPSA) is 78.4 Å². The molecule has 0 saturated carbocycles. The van der Waals surface area contributed by atoms with E-state index in [-0.39, 0.29) is 23.0 Å². The van der Waals surface area contributed by atoms with Gasteiger partial charge in [-0.15, -0.1) is 0 Å². The standard InChI is InChI=1S/C13H10Cl2N2O3/c14-9-5-4-8(7-16)12(6-9)20-13-10(15)2-1-3-11(13)17(18)19/h1-6H,7,16H2. The minimum Gasteiger partial charge on any atom is -0.448 e. The van der Waals surface area contributed by atoms with Crippen LogP contribution in [0.2, 0.25) is 10.0 Å². The van der Waals surface area contributed by atoms with E-state index in [1.807, 2.05) is 0 Å². The maximum absolute atomic E-state index is 11.0. The quantitative estimate of drug-likeness (QED) is 0.679. The van der Waals surface area contributed by atoms with E-state index in [1.165, 1.54) is 24.3 Å². The summed E-state index contributed by atoms with van der Waals surface area (Å²) in [6.45, 7) is 0.213. The van der Waals surface area contributed by atoms with Gasteiger partial charge in [0.05, 0.1) is 9.95 Å². The van der Waals surface area contributed by atoms with Crippen LogP contribution in [0.25, 0.3) is 0 Å². The van der Waals surface area contributed by atoms with Gasteiger partial charge in [0, 0.05) is 23.2 Å². The average Bonchev–Trinajstić information content (AvgIpc) is 2.41. The molecule has 0 heterocycles. The first kappa shape index (κ1) is 14.6. The molecule has 0 aliphatic carbocycles. The maximum atomic E-state index is 11.0. The maximum Gasteiger partial charge on any atom is 0.313 e. The van der Waals surface area contributed by atoms with Crippen LogP contribution >= 0.6 is 23.2 Å². The third-order valence-corrected chi connectivity index (χ3v) is 3.14. The van der Waals surface area contributed by atoms with Gasteiger partial charge < -0.3 is 10.5 Å². The molecule has 0 atom stereocenters. The Hall–Kier alpha value is -1.82. The third-order valence-electron chi connectivity index (χ3n) is 2.60. The van der Waals surface area contributed by atoms with Gasteiger partial charge in [-0.2, -0.15) is 0 Å². The van der Waals surface area contributed by atoms with Crippen LogP contribution in [0, 0.1) is 10.1 Å². The van der Waals surface area contributed by atoms with E-state index in [4.69, 9.17) is 33.7 Å².